The first-order chi connectivity index (χ1) is 11.5. The van der Waals surface area contributed by atoms with E-state index in [1.807, 2.05) is 36.6 Å². The second-order valence-electron chi connectivity index (χ2n) is 5.66. The Bertz CT molecular complexity index is 814. The van der Waals surface area contributed by atoms with Gasteiger partial charge in [-0.25, -0.2) is 4.98 Å². The zero-order valence-electron chi connectivity index (χ0n) is 13.5. The van der Waals surface area contributed by atoms with Gasteiger partial charge in [-0.1, -0.05) is 17.8 Å². The number of aromatic nitrogens is 2. The number of aryl methyl sites for hydroxylation is 2. The highest BCUT2D eigenvalue weighted by molar-refractivity contribution is 8.14. The normalized spacial score (nSPS) is 14.7. The number of imidazole rings is 1. The van der Waals surface area contributed by atoms with Crippen molar-refractivity contribution >= 4 is 34.5 Å². The number of hydrogen-bond acceptors (Lipinski definition) is 5. The number of amides is 3. The van der Waals surface area contributed by atoms with Gasteiger partial charge in [0.1, 0.15) is 5.65 Å². The standard InChI is InChI=1S/C16H18N4O3S/c1-10-4-3-6-19-12(11(2)18-15(10)19)8-13(21)17-5-7-20-14(22)9-24-16(20)23/h3-4,6H,5,7-9H2,1-2H3,(H,17,21). The molecule has 0 saturated carbocycles. The lowest BCUT2D eigenvalue weighted by Gasteiger charge is -2.13. The molecule has 24 heavy (non-hydrogen) atoms. The summed E-state index contributed by atoms with van der Waals surface area (Å²) in [6, 6.07) is 3.90. The van der Waals surface area contributed by atoms with Crippen molar-refractivity contribution in [1.82, 2.24) is 19.6 Å². The summed E-state index contributed by atoms with van der Waals surface area (Å²) in [5.74, 6) is -0.173. The second-order valence-corrected chi connectivity index (χ2v) is 6.58. The van der Waals surface area contributed by atoms with Gasteiger partial charge in [0.15, 0.2) is 0 Å². The van der Waals surface area contributed by atoms with Gasteiger partial charge in [-0.3, -0.25) is 19.3 Å². The Labute approximate surface area is 143 Å². The number of carbonyl (C=O) groups excluding carboxylic acids is 3. The number of rotatable bonds is 5. The van der Waals surface area contributed by atoms with Gasteiger partial charge < -0.3 is 9.72 Å². The molecule has 2 aromatic heterocycles. The molecule has 8 heteroatoms. The molecule has 1 N–H and O–H groups in total. The highest BCUT2D eigenvalue weighted by Gasteiger charge is 2.29. The number of carbonyl (C=O) groups is 3. The minimum absolute atomic E-state index is 0.159. The van der Waals surface area contributed by atoms with Crippen LogP contribution in [-0.4, -0.2) is 50.2 Å². The van der Waals surface area contributed by atoms with E-state index in [0.29, 0.717) is 0 Å². The van der Waals surface area contributed by atoms with Crippen LogP contribution in [0.2, 0.25) is 0 Å². The first kappa shape index (κ1) is 16.5. The Morgan fingerprint density at radius 3 is 2.88 bits per heavy atom. The van der Waals surface area contributed by atoms with Crippen molar-refractivity contribution in [2.24, 2.45) is 0 Å². The average molecular weight is 346 g/mol. The molecular formula is C16H18N4O3S. The lowest BCUT2D eigenvalue weighted by atomic mass is 10.2. The fraction of sp³-hybridized carbons (Fsp3) is 0.375. The molecule has 3 rings (SSSR count). The van der Waals surface area contributed by atoms with Crippen LogP contribution in [0.5, 0.6) is 0 Å². The van der Waals surface area contributed by atoms with Gasteiger partial charge in [0.25, 0.3) is 5.24 Å². The average Bonchev–Trinajstić information content (AvgIpc) is 3.03. The van der Waals surface area contributed by atoms with E-state index < -0.39 is 0 Å². The smallest absolute Gasteiger partial charge is 0.288 e. The van der Waals surface area contributed by atoms with E-state index in [1.54, 1.807) is 0 Å². The first-order valence-corrected chi connectivity index (χ1v) is 8.63. The molecule has 3 heterocycles. The second kappa shape index (κ2) is 6.64. The van der Waals surface area contributed by atoms with Crippen LogP contribution in [-0.2, 0) is 16.0 Å². The summed E-state index contributed by atoms with van der Waals surface area (Å²) in [6.45, 7) is 4.33. The van der Waals surface area contributed by atoms with Crippen LogP contribution in [0, 0.1) is 13.8 Å². The molecule has 7 nitrogen and oxygen atoms in total. The molecule has 2 aromatic rings. The molecular weight excluding hydrogens is 328 g/mol. The van der Waals surface area contributed by atoms with E-state index in [1.165, 1.54) is 4.90 Å². The van der Waals surface area contributed by atoms with E-state index in [-0.39, 0.29) is 42.3 Å². The molecule has 1 fully saturated rings. The summed E-state index contributed by atoms with van der Waals surface area (Å²) >= 11 is 0.994. The fourth-order valence-electron chi connectivity index (χ4n) is 2.70. The van der Waals surface area contributed by atoms with E-state index in [4.69, 9.17) is 0 Å². The molecule has 1 aliphatic rings. The molecule has 1 aliphatic heterocycles. The maximum absolute atomic E-state index is 12.2. The minimum Gasteiger partial charge on any atom is -0.354 e. The lowest BCUT2D eigenvalue weighted by molar-refractivity contribution is -0.125. The van der Waals surface area contributed by atoms with E-state index in [2.05, 4.69) is 10.3 Å². The van der Waals surface area contributed by atoms with Crippen LogP contribution in [0.3, 0.4) is 0 Å². The lowest BCUT2D eigenvalue weighted by Crippen LogP contribution is -2.38. The van der Waals surface area contributed by atoms with Crippen molar-refractivity contribution in [2.45, 2.75) is 20.3 Å². The van der Waals surface area contributed by atoms with Gasteiger partial charge in [0, 0.05) is 19.3 Å². The van der Waals surface area contributed by atoms with Crippen molar-refractivity contribution < 1.29 is 14.4 Å². The summed E-state index contributed by atoms with van der Waals surface area (Å²) in [7, 11) is 0. The number of fused-ring (bicyclic) bond motifs is 1. The van der Waals surface area contributed by atoms with Crippen LogP contribution in [0.4, 0.5) is 4.79 Å². The molecule has 0 atom stereocenters. The third-order valence-corrected chi connectivity index (χ3v) is 4.83. The number of thioether (sulfide) groups is 1. The Morgan fingerprint density at radius 2 is 2.17 bits per heavy atom. The Hall–Kier alpha value is -2.35. The van der Waals surface area contributed by atoms with E-state index in [0.717, 1.165) is 34.4 Å². The summed E-state index contributed by atoms with van der Waals surface area (Å²) in [5, 5.41) is 2.51. The molecule has 0 spiro atoms. The maximum atomic E-state index is 12.2. The molecule has 0 radical (unpaired) electrons. The van der Waals surface area contributed by atoms with E-state index >= 15 is 0 Å². The quantitative estimate of drug-likeness (QED) is 0.882. The van der Waals surface area contributed by atoms with Crippen LogP contribution in [0.1, 0.15) is 17.0 Å². The third-order valence-electron chi connectivity index (χ3n) is 3.97. The van der Waals surface area contributed by atoms with Crippen molar-refractivity contribution in [3.8, 4) is 0 Å². The highest BCUT2D eigenvalue weighted by Crippen LogP contribution is 2.18. The molecule has 126 valence electrons. The van der Waals surface area contributed by atoms with Gasteiger partial charge in [-0.2, -0.15) is 0 Å². The largest absolute Gasteiger partial charge is 0.354 e. The van der Waals surface area contributed by atoms with Gasteiger partial charge in [-0.15, -0.1) is 0 Å². The number of hydrogen-bond donors (Lipinski definition) is 1. The first-order valence-electron chi connectivity index (χ1n) is 7.64. The zero-order chi connectivity index (χ0) is 17.3. The van der Waals surface area contributed by atoms with Crippen LogP contribution >= 0.6 is 11.8 Å². The predicted molar refractivity (Wildman–Crippen MR) is 90.9 cm³/mol. The minimum atomic E-state index is -0.248. The summed E-state index contributed by atoms with van der Waals surface area (Å²) in [5.41, 5.74) is 3.56. The molecule has 0 unspecified atom stereocenters. The van der Waals surface area contributed by atoms with Gasteiger partial charge in [-0.05, 0) is 25.5 Å². The molecule has 3 amide bonds. The predicted octanol–water partition coefficient (Wildman–Crippen LogP) is 1.31. The number of nitrogens with one attached hydrogen (secondary N) is 1. The zero-order valence-corrected chi connectivity index (χ0v) is 14.4. The number of imide groups is 1. The topological polar surface area (TPSA) is 83.8 Å². The van der Waals surface area contributed by atoms with Crippen LogP contribution in [0.25, 0.3) is 5.65 Å². The van der Waals surface area contributed by atoms with Crippen LogP contribution in [0.15, 0.2) is 18.3 Å². The third kappa shape index (κ3) is 3.14. The highest BCUT2D eigenvalue weighted by atomic mass is 32.2. The van der Waals surface area contributed by atoms with Gasteiger partial charge >= 0.3 is 0 Å². The summed E-state index contributed by atoms with van der Waals surface area (Å²) < 4.78 is 1.93. The SMILES string of the molecule is Cc1nc2c(C)cccn2c1CC(=O)NCCN1C(=O)CSC1=O. The summed E-state index contributed by atoms with van der Waals surface area (Å²) in [6.07, 6.45) is 2.09. The molecule has 0 aliphatic carbocycles. The van der Waals surface area contributed by atoms with Gasteiger partial charge in [0.2, 0.25) is 11.8 Å². The van der Waals surface area contributed by atoms with Crippen molar-refractivity contribution in [2.75, 3.05) is 18.8 Å². The van der Waals surface area contributed by atoms with Crippen molar-refractivity contribution in [3.63, 3.8) is 0 Å². The number of nitrogens with zero attached hydrogens (tertiary/aromatic N) is 3. The Balaban J connectivity index is 1.61. The van der Waals surface area contributed by atoms with Gasteiger partial charge in [0.05, 0.1) is 23.6 Å². The number of pyridine rings is 1. The fourth-order valence-corrected chi connectivity index (χ4v) is 3.45. The Morgan fingerprint density at radius 1 is 1.38 bits per heavy atom. The maximum Gasteiger partial charge on any atom is 0.288 e. The Kier molecular flexibility index (Phi) is 4.57. The summed E-state index contributed by atoms with van der Waals surface area (Å²) in [4.78, 5) is 40.9. The molecule has 1 saturated heterocycles. The molecule has 0 bridgehead atoms. The molecule has 0 aromatic carbocycles. The van der Waals surface area contributed by atoms with Crippen molar-refractivity contribution in [1.29, 1.82) is 0 Å². The van der Waals surface area contributed by atoms with Crippen LogP contribution < -0.4 is 5.32 Å². The van der Waals surface area contributed by atoms with Crippen molar-refractivity contribution in [3.05, 3.63) is 35.3 Å². The van der Waals surface area contributed by atoms with E-state index in [9.17, 15) is 14.4 Å². The monoisotopic (exact) mass is 346 g/mol.